The van der Waals surface area contributed by atoms with E-state index in [4.69, 9.17) is 4.84 Å². The van der Waals surface area contributed by atoms with Crippen LogP contribution in [0.5, 0.6) is 0 Å². The largest absolute Gasteiger partial charge is 0.355 e. The maximum absolute atomic E-state index is 5.34. The average Bonchev–Trinajstić information content (AvgIpc) is 3.04. The monoisotopic (exact) mass is 366 g/mol. The van der Waals surface area contributed by atoms with Crippen LogP contribution in [0.25, 0.3) is 21.3 Å². The first-order valence-corrected chi connectivity index (χ1v) is 9.87. The molecule has 2 aliphatic rings. The summed E-state index contributed by atoms with van der Waals surface area (Å²) < 4.78 is 0. The molecule has 1 saturated carbocycles. The third-order valence-corrected chi connectivity index (χ3v) is 6.81. The summed E-state index contributed by atoms with van der Waals surface area (Å²) in [6, 6.07) is 11.1. The van der Waals surface area contributed by atoms with Gasteiger partial charge in [0.1, 0.15) is 17.0 Å². The van der Waals surface area contributed by atoms with Gasteiger partial charge in [0.15, 0.2) is 0 Å². The van der Waals surface area contributed by atoms with E-state index < -0.39 is 0 Å². The van der Waals surface area contributed by atoms with Gasteiger partial charge in [-0.25, -0.2) is 9.97 Å². The molecule has 1 saturated heterocycles. The molecule has 5 nitrogen and oxygen atoms in total. The number of fused-ring (bicyclic) bond motifs is 1. The molecule has 0 bridgehead atoms. The smallest absolute Gasteiger partial charge is 0.141 e. The lowest BCUT2D eigenvalue weighted by atomic mass is 9.60. The summed E-state index contributed by atoms with van der Waals surface area (Å²) in [5.74, 6) is 1.09. The van der Waals surface area contributed by atoms with Crippen LogP contribution in [0.4, 0.5) is 5.82 Å². The quantitative estimate of drug-likeness (QED) is 0.657. The molecule has 0 unspecified atom stereocenters. The predicted molar refractivity (Wildman–Crippen MR) is 105 cm³/mol. The van der Waals surface area contributed by atoms with E-state index in [1.165, 1.54) is 29.4 Å². The van der Waals surface area contributed by atoms with Crippen molar-refractivity contribution >= 4 is 27.4 Å². The highest BCUT2D eigenvalue weighted by Crippen LogP contribution is 2.52. The van der Waals surface area contributed by atoms with Crippen molar-refractivity contribution in [3.8, 4) is 11.1 Å². The number of aromatic nitrogens is 2. The second-order valence-electron chi connectivity index (χ2n) is 7.54. The number of benzene rings is 1. The highest BCUT2D eigenvalue weighted by atomic mass is 32.1. The molecule has 1 aliphatic heterocycles. The van der Waals surface area contributed by atoms with E-state index >= 15 is 0 Å². The standard InChI is InChI=1S/C20H22N4OS/c1-23(25-2)15-8-20(9-15)11-24(12-20)18-17-16(14-6-4-3-5-7-14)10-26-19(17)22-13-21-18/h3-7,10,13,15H,8-9,11-12H2,1-2H3. The fourth-order valence-corrected chi connectivity index (χ4v) is 5.36. The van der Waals surface area contributed by atoms with Gasteiger partial charge in [-0.3, -0.25) is 0 Å². The van der Waals surface area contributed by atoms with Crippen LogP contribution in [0.2, 0.25) is 0 Å². The zero-order valence-corrected chi connectivity index (χ0v) is 15.9. The molecule has 0 amide bonds. The second-order valence-corrected chi connectivity index (χ2v) is 8.40. The Labute approximate surface area is 157 Å². The van der Waals surface area contributed by atoms with Gasteiger partial charge in [-0.2, -0.15) is 5.06 Å². The molecular weight excluding hydrogens is 344 g/mol. The molecule has 134 valence electrons. The zero-order chi connectivity index (χ0) is 17.7. The molecule has 6 heteroatoms. The SMILES string of the molecule is CON(C)C1CC2(C1)CN(c1ncnc3scc(-c4ccccc4)c13)C2. The molecule has 5 rings (SSSR count). The van der Waals surface area contributed by atoms with Crippen LogP contribution in [0, 0.1) is 5.41 Å². The van der Waals surface area contributed by atoms with Crippen molar-refractivity contribution in [1.82, 2.24) is 15.0 Å². The van der Waals surface area contributed by atoms with Crippen LogP contribution in [0.1, 0.15) is 12.8 Å². The summed E-state index contributed by atoms with van der Waals surface area (Å²) in [4.78, 5) is 18.0. The van der Waals surface area contributed by atoms with Crippen molar-refractivity contribution in [2.45, 2.75) is 18.9 Å². The Balaban J connectivity index is 1.42. The number of hydroxylamine groups is 2. The van der Waals surface area contributed by atoms with Crippen LogP contribution in [0.3, 0.4) is 0 Å². The summed E-state index contributed by atoms with van der Waals surface area (Å²) in [6.07, 6.45) is 4.12. The van der Waals surface area contributed by atoms with E-state index in [1.54, 1.807) is 24.8 Å². The minimum atomic E-state index is 0.442. The van der Waals surface area contributed by atoms with Crippen LogP contribution in [-0.2, 0) is 4.84 Å². The molecule has 2 aromatic heterocycles. The molecule has 1 spiro atoms. The van der Waals surface area contributed by atoms with Gasteiger partial charge in [-0.15, -0.1) is 11.3 Å². The first-order chi connectivity index (χ1) is 12.7. The van der Waals surface area contributed by atoms with Gasteiger partial charge in [-0.05, 0) is 18.4 Å². The Morgan fingerprint density at radius 3 is 2.69 bits per heavy atom. The lowest BCUT2D eigenvalue weighted by Gasteiger charge is -2.60. The van der Waals surface area contributed by atoms with Gasteiger partial charge in [0.2, 0.25) is 0 Å². The van der Waals surface area contributed by atoms with Gasteiger partial charge in [0.25, 0.3) is 0 Å². The molecule has 0 atom stereocenters. The fourth-order valence-electron chi connectivity index (χ4n) is 4.45. The van der Waals surface area contributed by atoms with Crippen molar-refractivity contribution in [1.29, 1.82) is 0 Å². The molecular formula is C20H22N4OS. The van der Waals surface area contributed by atoms with Gasteiger partial charge >= 0.3 is 0 Å². The minimum absolute atomic E-state index is 0.442. The highest BCUT2D eigenvalue weighted by molar-refractivity contribution is 7.17. The molecule has 3 heterocycles. The molecule has 2 fully saturated rings. The van der Waals surface area contributed by atoms with Crippen molar-refractivity contribution in [2.24, 2.45) is 5.41 Å². The lowest BCUT2D eigenvalue weighted by Crippen LogP contribution is -2.66. The minimum Gasteiger partial charge on any atom is -0.355 e. The van der Waals surface area contributed by atoms with Gasteiger partial charge in [-0.1, -0.05) is 30.3 Å². The first kappa shape index (κ1) is 16.2. The average molecular weight is 366 g/mol. The number of thiophene rings is 1. The maximum Gasteiger partial charge on any atom is 0.141 e. The van der Waals surface area contributed by atoms with E-state index in [0.29, 0.717) is 11.5 Å². The van der Waals surface area contributed by atoms with Crippen molar-refractivity contribution in [3.63, 3.8) is 0 Å². The summed E-state index contributed by atoms with van der Waals surface area (Å²) in [5.41, 5.74) is 2.92. The third-order valence-electron chi connectivity index (χ3n) is 5.93. The van der Waals surface area contributed by atoms with E-state index in [-0.39, 0.29) is 0 Å². The Morgan fingerprint density at radius 1 is 1.19 bits per heavy atom. The lowest BCUT2D eigenvalue weighted by molar-refractivity contribution is -0.189. The second kappa shape index (κ2) is 6.01. The zero-order valence-electron chi connectivity index (χ0n) is 15.1. The van der Waals surface area contributed by atoms with E-state index in [0.717, 1.165) is 23.7 Å². The molecule has 1 aliphatic carbocycles. The van der Waals surface area contributed by atoms with Crippen molar-refractivity contribution in [3.05, 3.63) is 42.0 Å². The number of rotatable bonds is 4. The Morgan fingerprint density at radius 2 is 1.96 bits per heavy atom. The van der Waals surface area contributed by atoms with Gasteiger partial charge in [0, 0.05) is 42.5 Å². The molecule has 3 aromatic rings. The fraction of sp³-hybridized carbons (Fsp3) is 0.400. The first-order valence-electron chi connectivity index (χ1n) is 8.99. The van der Waals surface area contributed by atoms with Crippen molar-refractivity contribution in [2.75, 3.05) is 32.1 Å². The van der Waals surface area contributed by atoms with Crippen molar-refractivity contribution < 1.29 is 4.84 Å². The Hall–Kier alpha value is -2.02. The van der Waals surface area contributed by atoms with Crippen LogP contribution in [0.15, 0.2) is 42.0 Å². The van der Waals surface area contributed by atoms with Gasteiger partial charge in [0.05, 0.1) is 12.5 Å². The van der Waals surface area contributed by atoms with Crippen LogP contribution < -0.4 is 4.90 Å². The molecule has 0 N–H and O–H groups in total. The van der Waals surface area contributed by atoms with E-state index in [1.807, 2.05) is 12.1 Å². The van der Waals surface area contributed by atoms with E-state index in [9.17, 15) is 0 Å². The number of hydrogen-bond acceptors (Lipinski definition) is 6. The highest BCUT2D eigenvalue weighted by Gasteiger charge is 2.54. The number of anilines is 1. The normalized spacial score (nSPS) is 19.1. The maximum atomic E-state index is 5.34. The van der Waals surface area contributed by atoms with Gasteiger partial charge < -0.3 is 9.74 Å². The van der Waals surface area contributed by atoms with Crippen LogP contribution in [-0.4, -0.2) is 48.3 Å². The summed E-state index contributed by atoms with van der Waals surface area (Å²) in [6.45, 7) is 2.16. The third kappa shape index (κ3) is 2.44. The molecule has 1 aromatic carbocycles. The predicted octanol–water partition coefficient (Wildman–Crippen LogP) is 3.82. The summed E-state index contributed by atoms with van der Waals surface area (Å²) in [7, 11) is 3.77. The Bertz CT molecular complexity index is 927. The van der Waals surface area contributed by atoms with Crippen LogP contribution >= 0.6 is 11.3 Å². The topological polar surface area (TPSA) is 41.5 Å². The molecule has 26 heavy (non-hydrogen) atoms. The number of nitrogens with zero attached hydrogens (tertiary/aromatic N) is 4. The number of hydrogen-bond donors (Lipinski definition) is 0. The summed E-state index contributed by atoms with van der Waals surface area (Å²) >= 11 is 1.70. The Kier molecular flexibility index (Phi) is 3.74. The molecule has 0 radical (unpaired) electrons. The van der Waals surface area contributed by atoms with E-state index in [2.05, 4.69) is 50.6 Å². The summed E-state index contributed by atoms with van der Waals surface area (Å²) in [5, 5.41) is 5.40.